The summed E-state index contributed by atoms with van der Waals surface area (Å²) in [7, 11) is -2.87. The van der Waals surface area contributed by atoms with Crippen molar-refractivity contribution in [3.05, 3.63) is 0 Å². The average Bonchev–Trinajstić information content (AvgIpc) is 2.07. The molecule has 0 radical (unpaired) electrons. The molecule has 0 saturated heterocycles. The van der Waals surface area contributed by atoms with Crippen LogP contribution in [0.4, 0.5) is 0 Å². The van der Waals surface area contributed by atoms with Gasteiger partial charge in [-0.15, -0.1) is 0 Å². The number of nitrogens with zero attached hydrogens (tertiary/aromatic N) is 1. The molecule has 5 nitrogen and oxygen atoms in total. The highest BCUT2D eigenvalue weighted by Gasteiger charge is 2.10. The summed E-state index contributed by atoms with van der Waals surface area (Å²) in [5, 5.41) is 7.16. The van der Waals surface area contributed by atoms with Crippen LogP contribution in [0.2, 0.25) is 0 Å². The lowest BCUT2D eigenvalue weighted by Gasteiger charge is -2.26. The van der Waals surface area contributed by atoms with Gasteiger partial charge in [0.25, 0.3) is 0 Å². The van der Waals surface area contributed by atoms with E-state index in [1.165, 1.54) is 6.26 Å². The van der Waals surface area contributed by atoms with Crippen LogP contribution in [0.3, 0.4) is 0 Å². The third-order valence-corrected chi connectivity index (χ3v) is 3.39. The molecule has 0 saturated carbocycles. The Morgan fingerprint density at radius 2 is 1.94 bits per heavy atom. The predicted molar refractivity (Wildman–Crippen MR) is 67.6 cm³/mol. The summed E-state index contributed by atoms with van der Waals surface area (Å²) in [5.74, 6) is 0.393. The van der Waals surface area contributed by atoms with Gasteiger partial charge in [0.15, 0.2) is 0 Å². The van der Waals surface area contributed by atoms with Crippen molar-refractivity contribution in [3.8, 4) is 0 Å². The number of sulfone groups is 1. The van der Waals surface area contributed by atoms with Gasteiger partial charge in [-0.2, -0.15) is 0 Å². The van der Waals surface area contributed by atoms with Crippen molar-refractivity contribution < 1.29 is 8.42 Å². The van der Waals surface area contributed by atoms with Gasteiger partial charge >= 0.3 is 0 Å². The Kier molecular flexibility index (Phi) is 6.59. The van der Waals surface area contributed by atoms with E-state index >= 15 is 0 Å². The van der Waals surface area contributed by atoms with Crippen LogP contribution in [0.1, 0.15) is 26.7 Å². The second-order valence-electron chi connectivity index (χ2n) is 4.39. The smallest absolute Gasteiger partial charge is 0.147 e. The van der Waals surface area contributed by atoms with Gasteiger partial charge in [-0.3, -0.25) is 5.41 Å². The monoisotopic (exact) mass is 249 g/mol. The van der Waals surface area contributed by atoms with Crippen LogP contribution >= 0.6 is 0 Å². The lowest BCUT2D eigenvalue weighted by molar-refractivity contribution is 0.228. The summed E-state index contributed by atoms with van der Waals surface area (Å²) < 4.78 is 22.0. The summed E-state index contributed by atoms with van der Waals surface area (Å²) in [5.41, 5.74) is 5.30. The van der Waals surface area contributed by atoms with Crippen LogP contribution in [-0.4, -0.2) is 50.3 Å². The van der Waals surface area contributed by atoms with Gasteiger partial charge in [0.1, 0.15) is 9.84 Å². The van der Waals surface area contributed by atoms with E-state index in [0.29, 0.717) is 18.9 Å². The molecular weight excluding hydrogens is 226 g/mol. The number of amidine groups is 1. The summed E-state index contributed by atoms with van der Waals surface area (Å²) in [6, 6.07) is 0.346. The lowest BCUT2D eigenvalue weighted by atomic mass is 10.2. The van der Waals surface area contributed by atoms with E-state index in [-0.39, 0.29) is 11.6 Å². The number of nitrogens with two attached hydrogens (primary N) is 1. The molecule has 0 bridgehead atoms. The first-order valence-corrected chi connectivity index (χ1v) is 7.53. The van der Waals surface area contributed by atoms with Crippen LogP contribution in [0, 0.1) is 5.41 Å². The van der Waals surface area contributed by atoms with Gasteiger partial charge in [0, 0.05) is 25.3 Å². The molecule has 0 amide bonds. The fraction of sp³-hybridized carbons (Fsp3) is 0.900. The molecule has 0 aliphatic heterocycles. The standard InChI is InChI=1S/C10H23N3O2S/c1-9(2)13(7-5-10(11)12)6-4-8-16(3,14)15/h9H,4-8H2,1-3H3,(H3,11,12). The summed E-state index contributed by atoms with van der Waals surface area (Å²) in [6.07, 6.45) is 2.42. The van der Waals surface area contributed by atoms with E-state index in [1.807, 2.05) is 0 Å². The fourth-order valence-corrected chi connectivity index (χ4v) is 2.08. The van der Waals surface area contributed by atoms with Crippen LogP contribution < -0.4 is 5.73 Å². The molecule has 0 atom stereocenters. The van der Waals surface area contributed by atoms with E-state index in [1.54, 1.807) is 0 Å². The Morgan fingerprint density at radius 1 is 1.38 bits per heavy atom. The van der Waals surface area contributed by atoms with Gasteiger partial charge in [-0.05, 0) is 26.8 Å². The van der Waals surface area contributed by atoms with Crippen molar-refractivity contribution in [3.63, 3.8) is 0 Å². The fourth-order valence-electron chi connectivity index (χ4n) is 1.42. The first-order chi connectivity index (χ1) is 7.22. The van der Waals surface area contributed by atoms with E-state index in [4.69, 9.17) is 11.1 Å². The number of hydrogen-bond donors (Lipinski definition) is 2. The van der Waals surface area contributed by atoms with Gasteiger partial charge in [0.05, 0.1) is 11.6 Å². The van der Waals surface area contributed by atoms with Gasteiger partial charge in [-0.1, -0.05) is 0 Å². The van der Waals surface area contributed by atoms with Crippen molar-refractivity contribution >= 4 is 15.7 Å². The predicted octanol–water partition coefficient (Wildman–Crippen LogP) is 0.458. The molecule has 96 valence electrons. The zero-order valence-corrected chi connectivity index (χ0v) is 11.2. The number of rotatable bonds is 8. The quantitative estimate of drug-likeness (QED) is 0.483. The van der Waals surface area contributed by atoms with Crippen molar-refractivity contribution in [2.45, 2.75) is 32.7 Å². The molecule has 0 aromatic heterocycles. The molecule has 0 rings (SSSR count). The summed E-state index contributed by atoms with van der Waals surface area (Å²) in [4.78, 5) is 2.15. The first kappa shape index (κ1) is 15.4. The van der Waals surface area contributed by atoms with E-state index in [0.717, 1.165) is 13.1 Å². The Labute approximate surface area is 98.4 Å². The summed E-state index contributed by atoms with van der Waals surface area (Å²) in [6.45, 7) is 5.57. The van der Waals surface area contributed by atoms with Crippen molar-refractivity contribution in [2.24, 2.45) is 5.73 Å². The average molecular weight is 249 g/mol. The molecule has 0 heterocycles. The minimum atomic E-state index is -2.87. The second-order valence-corrected chi connectivity index (χ2v) is 6.65. The number of hydrogen-bond acceptors (Lipinski definition) is 4. The van der Waals surface area contributed by atoms with Gasteiger partial charge < -0.3 is 10.6 Å². The zero-order chi connectivity index (χ0) is 12.8. The highest BCUT2D eigenvalue weighted by molar-refractivity contribution is 7.90. The molecule has 0 aromatic rings. The molecule has 0 unspecified atom stereocenters. The SMILES string of the molecule is CC(C)N(CCCS(C)(=O)=O)CCC(=N)N. The van der Waals surface area contributed by atoms with Gasteiger partial charge in [-0.25, -0.2) is 8.42 Å². The molecule has 0 aromatic carbocycles. The van der Waals surface area contributed by atoms with Crippen LogP contribution in [-0.2, 0) is 9.84 Å². The third-order valence-electron chi connectivity index (χ3n) is 2.36. The van der Waals surface area contributed by atoms with E-state index in [9.17, 15) is 8.42 Å². The maximum atomic E-state index is 11.0. The largest absolute Gasteiger partial charge is 0.388 e. The number of nitrogens with one attached hydrogen (secondary N) is 1. The van der Waals surface area contributed by atoms with Crippen molar-refractivity contribution in [1.82, 2.24) is 4.90 Å². The van der Waals surface area contributed by atoms with Gasteiger partial charge in [0.2, 0.25) is 0 Å². The second kappa shape index (κ2) is 6.85. The maximum Gasteiger partial charge on any atom is 0.147 e. The molecule has 0 fully saturated rings. The topological polar surface area (TPSA) is 87.2 Å². The van der Waals surface area contributed by atoms with E-state index in [2.05, 4.69) is 18.7 Å². The van der Waals surface area contributed by atoms with E-state index < -0.39 is 9.84 Å². The molecule has 6 heteroatoms. The minimum Gasteiger partial charge on any atom is -0.388 e. The molecule has 3 N–H and O–H groups in total. The third kappa shape index (κ3) is 8.67. The van der Waals surface area contributed by atoms with Crippen molar-refractivity contribution in [2.75, 3.05) is 25.1 Å². The summed E-state index contributed by atoms with van der Waals surface area (Å²) >= 11 is 0. The van der Waals surface area contributed by atoms with Crippen LogP contribution in [0.5, 0.6) is 0 Å². The zero-order valence-electron chi connectivity index (χ0n) is 10.4. The first-order valence-electron chi connectivity index (χ1n) is 5.47. The molecular formula is C10H23N3O2S. The highest BCUT2D eigenvalue weighted by atomic mass is 32.2. The Balaban J connectivity index is 4.00. The van der Waals surface area contributed by atoms with Crippen LogP contribution in [0.15, 0.2) is 0 Å². The van der Waals surface area contributed by atoms with Crippen molar-refractivity contribution in [1.29, 1.82) is 5.41 Å². The molecule has 0 aliphatic carbocycles. The Hall–Kier alpha value is -0.620. The highest BCUT2D eigenvalue weighted by Crippen LogP contribution is 2.02. The normalized spacial score (nSPS) is 12.3. The maximum absolute atomic E-state index is 11.0. The van der Waals surface area contributed by atoms with Crippen LogP contribution in [0.25, 0.3) is 0 Å². The Bertz CT molecular complexity index is 312. The Morgan fingerprint density at radius 3 is 2.31 bits per heavy atom. The molecule has 0 aliphatic rings. The minimum absolute atomic E-state index is 0.175. The molecule has 16 heavy (non-hydrogen) atoms. The lowest BCUT2D eigenvalue weighted by Crippen LogP contribution is -2.35. The molecule has 0 spiro atoms.